The third-order valence-electron chi connectivity index (χ3n) is 3.84. The van der Waals surface area contributed by atoms with Gasteiger partial charge in [0, 0.05) is 13.0 Å². The monoisotopic (exact) mass is 328 g/mol. The molecule has 0 saturated carbocycles. The number of rotatable bonds is 4. The molecule has 0 spiro atoms. The number of sulfonamides is 1. The molecule has 0 radical (unpaired) electrons. The molecule has 5 nitrogen and oxygen atoms in total. The normalized spacial score (nSPS) is 17.3. The lowest BCUT2D eigenvalue weighted by molar-refractivity contribution is 0.0322. The zero-order chi connectivity index (χ0) is 16.3. The molecule has 1 aliphatic heterocycles. The van der Waals surface area contributed by atoms with Gasteiger partial charge in [-0.1, -0.05) is 24.3 Å². The van der Waals surface area contributed by atoms with Crippen molar-refractivity contribution in [1.82, 2.24) is 4.72 Å². The van der Waals surface area contributed by atoms with Gasteiger partial charge in [-0.2, -0.15) is 5.26 Å². The smallest absolute Gasteiger partial charge is 0.240 e. The summed E-state index contributed by atoms with van der Waals surface area (Å²) in [6, 6.07) is 15.8. The summed E-state index contributed by atoms with van der Waals surface area (Å²) in [7, 11) is -3.60. The minimum absolute atomic E-state index is 0.146. The summed E-state index contributed by atoms with van der Waals surface area (Å²) in [4.78, 5) is 0.146. The quantitative estimate of drug-likeness (QED) is 0.931. The van der Waals surface area contributed by atoms with E-state index in [2.05, 4.69) is 4.72 Å². The molecule has 0 fully saturated rings. The van der Waals surface area contributed by atoms with Gasteiger partial charge in [0.2, 0.25) is 10.0 Å². The van der Waals surface area contributed by atoms with Crippen molar-refractivity contribution >= 4 is 10.0 Å². The van der Waals surface area contributed by atoms with Crippen LogP contribution < -0.4 is 4.72 Å². The lowest BCUT2D eigenvalue weighted by atomic mass is 9.99. The average molecular weight is 328 g/mol. The van der Waals surface area contributed by atoms with E-state index in [1.807, 2.05) is 30.3 Å². The molecule has 1 atom stereocenters. The first-order valence-electron chi connectivity index (χ1n) is 7.27. The van der Waals surface area contributed by atoms with E-state index in [1.165, 1.54) is 29.8 Å². The van der Waals surface area contributed by atoms with Gasteiger partial charge in [-0.05, 0) is 35.4 Å². The molecule has 0 amide bonds. The zero-order valence-electron chi connectivity index (χ0n) is 12.4. The summed E-state index contributed by atoms with van der Waals surface area (Å²) in [5.74, 6) is 0. The van der Waals surface area contributed by atoms with Gasteiger partial charge in [-0.15, -0.1) is 0 Å². The van der Waals surface area contributed by atoms with Crippen molar-refractivity contribution in [2.75, 3.05) is 6.54 Å². The fourth-order valence-corrected chi connectivity index (χ4v) is 3.60. The van der Waals surface area contributed by atoms with Crippen LogP contribution >= 0.6 is 0 Å². The predicted octanol–water partition coefficient (Wildman–Crippen LogP) is 1.98. The fourth-order valence-electron chi connectivity index (χ4n) is 2.53. The highest BCUT2D eigenvalue weighted by atomic mass is 32.2. The molecule has 0 bridgehead atoms. The van der Waals surface area contributed by atoms with E-state index in [0.29, 0.717) is 18.6 Å². The van der Waals surface area contributed by atoms with E-state index in [1.54, 1.807) is 0 Å². The van der Waals surface area contributed by atoms with Gasteiger partial charge >= 0.3 is 0 Å². The van der Waals surface area contributed by atoms with Crippen LogP contribution in [0.15, 0.2) is 53.4 Å². The first-order valence-corrected chi connectivity index (χ1v) is 8.75. The van der Waals surface area contributed by atoms with Crippen LogP contribution in [-0.4, -0.2) is 21.1 Å². The van der Waals surface area contributed by atoms with Crippen LogP contribution in [0.3, 0.4) is 0 Å². The van der Waals surface area contributed by atoms with Crippen molar-refractivity contribution in [3.05, 3.63) is 65.2 Å². The SMILES string of the molecule is N#Cc1ccc(S(=O)(=O)NC[C@H]2Cc3ccccc3CO2)cc1. The third kappa shape index (κ3) is 3.59. The Morgan fingerprint density at radius 3 is 2.52 bits per heavy atom. The summed E-state index contributed by atoms with van der Waals surface area (Å²) in [6.07, 6.45) is 0.504. The molecule has 2 aromatic carbocycles. The largest absolute Gasteiger partial charge is 0.372 e. The maximum absolute atomic E-state index is 12.3. The van der Waals surface area contributed by atoms with Crippen molar-refractivity contribution in [1.29, 1.82) is 5.26 Å². The molecule has 3 rings (SSSR count). The molecule has 118 valence electrons. The molecule has 1 N–H and O–H groups in total. The molecule has 6 heteroatoms. The minimum Gasteiger partial charge on any atom is -0.372 e. The summed E-state index contributed by atoms with van der Waals surface area (Å²) >= 11 is 0. The number of nitriles is 1. The van der Waals surface area contributed by atoms with Crippen LogP contribution in [0, 0.1) is 11.3 Å². The van der Waals surface area contributed by atoms with E-state index in [0.717, 1.165) is 5.56 Å². The average Bonchev–Trinajstić information content (AvgIpc) is 2.60. The predicted molar refractivity (Wildman–Crippen MR) is 85.1 cm³/mol. The second kappa shape index (κ2) is 6.50. The lowest BCUT2D eigenvalue weighted by Gasteiger charge is -2.25. The second-order valence-electron chi connectivity index (χ2n) is 5.39. The van der Waals surface area contributed by atoms with Crippen LogP contribution in [0.4, 0.5) is 0 Å². The number of fused-ring (bicyclic) bond motifs is 1. The Bertz CT molecular complexity index is 839. The number of nitrogens with one attached hydrogen (secondary N) is 1. The number of hydrogen-bond acceptors (Lipinski definition) is 4. The topological polar surface area (TPSA) is 79.2 Å². The fraction of sp³-hybridized carbons (Fsp3) is 0.235. The second-order valence-corrected chi connectivity index (χ2v) is 7.16. The first kappa shape index (κ1) is 15.7. The molecule has 2 aromatic rings. The number of nitrogens with zero attached hydrogens (tertiary/aromatic N) is 1. The van der Waals surface area contributed by atoms with Crippen molar-refractivity contribution < 1.29 is 13.2 Å². The Kier molecular flexibility index (Phi) is 4.44. The Morgan fingerprint density at radius 2 is 1.83 bits per heavy atom. The molecule has 23 heavy (non-hydrogen) atoms. The highest BCUT2D eigenvalue weighted by Gasteiger charge is 2.21. The van der Waals surface area contributed by atoms with E-state index in [-0.39, 0.29) is 17.5 Å². The van der Waals surface area contributed by atoms with Crippen molar-refractivity contribution in [2.24, 2.45) is 0 Å². The number of hydrogen-bond donors (Lipinski definition) is 1. The molecule has 0 unspecified atom stereocenters. The molecule has 1 aliphatic rings. The van der Waals surface area contributed by atoms with E-state index in [9.17, 15) is 8.42 Å². The number of ether oxygens (including phenoxy) is 1. The van der Waals surface area contributed by atoms with Crippen molar-refractivity contribution in [3.8, 4) is 6.07 Å². The lowest BCUT2D eigenvalue weighted by Crippen LogP contribution is -2.36. The van der Waals surface area contributed by atoms with Gasteiger partial charge in [0.1, 0.15) is 0 Å². The summed E-state index contributed by atoms with van der Waals surface area (Å²) in [5, 5.41) is 8.75. The van der Waals surface area contributed by atoms with E-state index < -0.39 is 10.0 Å². The van der Waals surface area contributed by atoms with Gasteiger partial charge in [0.15, 0.2) is 0 Å². The summed E-state index contributed by atoms with van der Waals surface area (Å²) in [5.41, 5.74) is 2.77. The molecule has 0 aromatic heterocycles. The van der Waals surface area contributed by atoms with Crippen LogP contribution in [0.25, 0.3) is 0 Å². The maximum Gasteiger partial charge on any atom is 0.240 e. The van der Waals surface area contributed by atoms with Gasteiger partial charge < -0.3 is 4.74 Å². The van der Waals surface area contributed by atoms with E-state index >= 15 is 0 Å². The van der Waals surface area contributed by atoms with Crippen molar-refractivity contribution in [2.45, 2.75) is 24.0 Å². The Morgan fingerprint density at radius 1 is 1.13 bits per heavy atom. The van der Waals surface area contributed by atoms with Gasteiger partial charge in [0.25, 0.3) is 0 Å². The van der Waals surface area contributed by atoms with Crippen LogP contribution in [0.2, 0.25) is 0 Å². The molecule has 0 aliphatic carbocycles. The standard InChI is InChI=1S/C17H16N2O3S/c18-10-13-5-7-17(8-6-13)23(20,21)19-11-16-9-14-3-1-2-4-15(14)12-22-16/h1-8,16,19H,9,11-12H2/t16-/m1/s1. The Balaban J connectivity index is 1.65. The Labute approximate surface area is 135 Å². The molecular formula is C17H16N2O3S. The first-order chi connectivity index (χ1) is 11.1. The highest BCUT2D eigenvalue weighted by Crippen LogP contribution is 2.20. The summed E-state index contributed by atoms with van der Waals surface area (Å²) < 4.78 is 32.8. The summed E-state index contributed by atoms with van der Waals surface area (Å²) in [6.45, 7) is 0.718. The highest BCUT2D eigenvalue weighted by molar-refractivity contribution is 7.89. The zero-order valence-corrected chi connectivity index (χ0v) is 13.2. The number of benzene rings is 2. The van der Waals surface area contributed by atoms with Gasteiger partial charge in [0.05, 0.1) is 29.2 Å². The van der Waals surface area contributed by atoms with E-state index in [4.69, 9.17) is 10.00 Å². The van der Waals surface area contributed by atoms with Crippen LogP contribution in [0.1, 0.15) is 16.7 Å². The Hall–Kier alpha value is -2.20. The molecule has 0 saturated heterocycles. The van der Waals surface area contributed by atoms with Crippen LogP contribution in [0.5, 0.6) is 0 Å². The minimum atomic E-state index is -3.60. The van der Waals surface area contributed by atoms with Gasteiger partial charge in [-0.25, -0.2) is 13.1 Å². The van der Waals surface area contributed by atoms with Crippen molar-refractivity contribution in [3.63, 3.8) is 0 Å². The molecule has 1 heterocycles. The van der Waals surface area contributed by atoms with Gasteiger partial charge in [-0.3, -0.25) is 0 Å². The third-order valence-corrected chi connectivity index (χ3v) is 5.27. The maximum atomic E-state index is 12.3. The molecular weight excluding hydrogens is 312 g/mol. The van der Waals surface area contributed by atoms with Crippen LogP contribution in [-0.2, 0) is 27.8 Å².